The Kier molecular flexibility index (Phi) is 9.75. The maximum Gasteiger partial charge on any atom is 0.408 e. The van der Waals surface area contributed by atoms with Crippen molar-refractivity contribution in [2.24, 2.45) is 5.92 Å². The van der Waals surface area contributed by atoms with Crippen molar-refractivity contribution in [2.75, 3.05) is 6.54 Å². The lowest BCUT2D eigenvalue weighted by molar-refractivity contribution is -0.146. The van der Waals surface area contributed by atoms with Gasteiger partial charge < -0.3 is 20.3 Å². The molecule has 0 radical (unpaired) electrons. The number of ether oxygens (including phenoxy) is 1. The highest BCUT2D eigenvalue weighted by atomic mass is 35.5. The third-order valence-corrected chi connectivity index (χ3v) is 9.30. The Hall–Kier alpha value is -3.19. The molecule has 2 heterocycles. The molecule has 0 unspecified atom stereocenters. The fourth-order valence-electron chi connectivity index (χ4n) is 5.45. The Balaban J connectivity index is 1.58. The van der Waals surface area contributed by atoms with Crippen LogP contribution in [0.3, 0.4) is 0 Å². The first kappa shape index (κ1) is 32.7. The van der Waals surface area contributed by atoms with Crippen LogP contribution in [0.15, 0.2) is 35.2 Å². The maximum atomic E-state index is 14.4. The fourth-order valence-corrected chi connectivity index (χ4v) is 6.83. The Labute approximate surface area is 256 Å². The molecule has 3 aliphatic rings. The summed E-state index contributed by atoms with van der Waals surface area (Å²) in [7, 11) is -4.67. The first-order valence-corrected chi connectivity index (χ1v) is 16.3. The highest BCUT2D eigenvalue weighted by Gasteiger charge is 2.61. The Morgan fingerprint density at radius 1 is 1.14 bits per heavy atom. The number of hydrogen-bond donors (Lipinski definition) is 3. The van der Waals surface area contributed by atoms with Crippen molar-refractivity contribution in [3.63, 3.8) is 0 Å². The molecule has 2 fully saturated rings. The average molecular weight is 641 g/mol. The predicted octanol–water partition coefficient (Wildman–Crippen LogP) is 3.56. The second-order valence-electron chi connectivity index (χ2n) is 12.3. The van der Waals surface area contributed by atoms with E-state index in [4.69, 9.17) is 16.3 Å². The van der Waals surface area contributed by atoms with E-state index in [0.717, 1.165) is 25.0 Å². The first-order valence-electron chi connectivity index (χ1n) is 14.4. The van der Waals surface area contributed by atoms with Crippen LogP contribution in [-0.2, 0) is 29.1 Å². The van der Waals surface area contributed by atoms with Gasteiger partial charge in [0.1, 0.15) is 22.3 Å². The second kappa shape index (κ2) is 12.8. The lowest BCUT2D eigenvalue weighted by atomic mass is 10.1. The Bertz CT molecular complexity index is 1410. The summed E-state index contributed by atoms with van der Waals surface area (Å²) in [5.41, 5.74) is -2.19. The molecule has 3 N–H and O–H groups in total. The van der Waals surface area contributed by atoms with Gasteiger partial charge in [-0.05, 0) is 83.9 Å². The van der Waals surface area contributed by atoms with Gasteiger partial charge in [-0.2, -0.15) is 0 Å². The van der Waals surface area contributed by atoms with Crippen LogP contribution in [0.4, 0.5) is 9.18 Å². The molecule has 4 amide bonds. The second-order valence-corrected chi connectivity index (χ2v) is 14.4. The van der Waals surface area contributed by atoms with Crippen molar-refractivity contribution in [3.8, 4) is 0 Å². The van der Waals surface area contributed by atoms with E-state index < -0.39 is 73.7 Å². The molecule has 1 aliphatic carbocycles. The number of nitrogens with one attached hydrogen (secondary N) is 3. The van der Waals surface area contributed by atoms with Crippen LogP contribution in [-0.4, -0.2) is 66.9 Å². The van der Waals surface area contributed by atoms with E-state index in [2.05, 4.69) is 10.6 Å². The van der Waals surface area contributed by atoms with Crippen molar-refractivity contribution in [1.29, 1.82) is 0 Å². The van der Waals surface area contributed by atoms with E-state index >= 15 is 0 Å². The zero-order chi connectivity index (χ0) is 31.6. The van der Waals surface area contributed by atoms with Gasteiger partial charge in [-0.15, -0.1) is 0 Å². The fraction of sp³-hybridized carbons (Fsp3) is 0.586. The molecule has 1 aromatic rings. The van der Waals surface area contributed by atoms with Crippen LogP contribution in [0.5, 0.6) is 0 Å². The van der Waals surface area contributed by atoms with E-state index in [1.54, 1.807) is 26.8 Å². The van der Waals surface area contributed by atoms with Gasteiger partial charge in [-0.1, -0.05) is 30.2 Å². The minimum Gasteiger partial charge on any atom is -0.436 e. The van der Waals surface area contributed by atoms with E-state index in [9.17, 15) is 32.0 Å². The summed E-state index contributed by atoms with van der Waals surface area (Å²) in [5.74, 6) is -3.75. The molecule has 43 heavy (non-hydrogen) atoms. The monoisotopic (exact) mass is 640 g/mol. The number of carbonyl (C=O) groups is 4. The normalized spacial score (nSPS) is 26.7. The Morgan fingerprint density at radius 3 is 2.60 bits per heavy atom. The number of amides is 4. The first-order chi connectivity index (χ1) is 20.1. The number of hydrogen-bond acceptors (Lipinski definition) is 7. The molecule has 0 spiro atoms. The molecule has 2 aliphatic heterocycles. The average Bonchev–Trinajstić information content (AvgIpc) is 3.36. The van der Waals surface area contributed by atoms with E-state index in [-0.39, 0.29) is 24.4 Å². The summed E-state index contributed by atoms with van der Waals surface area (Å²) in [5, 5.41) is 5.37. The summed E-state index contributed by atoms with van der Waals surface area (Å²) < 4.78 is 47.8. The zero-order valence-corrected chi connectivity index (χ0v) is 26.0. The number of carbonyl (C=O) groups excluding carboxylic acids is 4. The number of alkyl carbamates (subject to hydrolysis) is 1. The van der Waals surface area contributed by atoms with Crippen LogP contribution >= 0.6 is 11.6 Å². The highest BCUT2D eigenvalue weighted by Crippen LogP contribution is 2.46. The number of halogens is 2. The molecule has 0 bridgehead atoms. The number of sulfonamides is 1. The predicted molar refractivity (Wildman–Crippen MR) is 156 cm³/mol. The molecule has 4 rings (SSSR count). The van der Waals surface area contributed by atoms with Crippen molar-refractivity contribution < 1.29 is 36.7 Å². The lowest BCUT2D eigenvalue weighted by Crippen LogP contribution is -2.57. The number of nitrogens with zero attached hydrogens (tertiary/aromatic N) is 1. The van der Waals surface area contributed by atoms with Gasteiger partial charge in [0.05, 0.1) is 0 Å². The summed E-state index contributed by atoms with van der Waals surface area (Å²) in [6, 6.07) is 2.00. The number of benzene rings is 1. The van der Waals surface area contributed by atoms with Crippen LogP contribution in [0.1, 0.15) is 72.1 Å². The molecule has 1 aromatic carbocycles. The molecule has 14 heteroatoms. The molecule has 1 saturated carbocycles. The van der Waals surface area contributed by atoms with Gasteiger partial charge in [-0.3, -0.25) is 14.4 Å². The third-order valence-electron chi connectivity index (χ3n) is 7.72. The number of allylic oxidation sites excluding steroid dienone is 1. The van der Waals surface area contributed by atoms with Gasteiger partial charge >= 0.3 is 6.09 Å². The molecule has 0 aromatic heterocycles. The molecule has 11 nitrogen and oxygen atoms in total. The minimum atomic E-state index is -4.67. The van der Waals surface area contributed by atoms with Crippen LogP contribution in [0.25, 0.3) is 0 Å². The molecule has 1 saturated heterocycles. The van der Waals surface area contributed by atoms with Gasteiger partial charge in [0.25, 0.3) is 21.8 Å². The molecular weight excluding hydrogens is 603 g/mol. The quantitative estimate of drug-likeness (QED) is 0.426. The zero-order valence-electron chi connectivity index (χ0n) is 24.5. The maximum absolute atomic E-state index is 14.4. The number of rotatable bonds is 4. The molecular formula is C29H38ClFN4O7S. The smallest absolute Gasteiger partial charge is 0.408 e. The lowest BCUT2D eigenvalue weighted by Gasteiger charge is -2.30. The minimum absolute atomic E-state index is 0.0361. The summed E-state index contributed by atoms with van der Waals surface area (Å²) in [4.78, 5) is 53.9. The van der Waals surface area contributed by atoms with E-state index in [0.29, 0.717) is 25.7 Å². The van der Waals surface area contributed by atoms with Gasteiger partial charge in [0, 0.05) is 23.0 Å². The Morgan fingerprint density at radius 2 is 1.88 bits per heavy atom. The van der Waals surface area contributed by atoms with Crippen molar-refractivity contribution in [3.05, 3.63) is 41.2 Å². The third kappa shape index (κ3) is 7.86. The topological polar surface area (TPSA) is 151 Å². The summed E-state index contributed by atoms with van der Waals surface area (Å²) in [6.07, 6.45) is 5.81. The number of fused-ring (bicyclic) bond motifs is 2. The summed E-state index contributed by atoms with van der Waals surface area (Å²) in [6.45, 7) is 5.61. The van der Waals surface area contributed by atoms with Crippen molar-refractivity contribution in [2.45, 2.75) is 100 Å². The van der Waals surface area contributed by atoms with Crippen molar-refractivity contribution >= 4 is 45.4 Å². The molecule has 236 valence electrons. The van der Waals surface area contributed by atoms with E-state index in [1.165, 1.54) is 11.0 Å². The largest absolute Gasteiger partial charge is 0.436 e. The van der Waals surface area contributed by atoms with Gasteiger partial charge in [0.2, 0.25) is 5.91 Å². The summed E-state index contributed by atoms with van der Waals surface area (Å²) >= 11 is 5.86. The standard InChI is InChI=1S/C29H38ClFN4O7S/c1-28(2,3)33-27(39)42-22-12-8-6-4-5-7-10-18-17-29(18,32-24(36)21-11-9-15-35(21)25(22)37)26(38)34-43(40,41)23-16-19(30)13-14-20(23)31/h7,10,13-14,16,18,21-22H,4-6,8-9,11-12,15,17H2,1-3H3,(H,32,36)(H,33,39)(H,34,38)/t18-,21+,22+,29-/m1/s1. The SMILES string of the molecule is CC(C)(C)NC(=O)O[C@H]1CCCCCC=C[C@@H]2C[C@@]2(C(=O)NS(=O)(=O)c2cc(Cl)ccc2F)NC(=O)[C@@H]2CCCN2C1=O. The van der Waals surface area contributed by atoms with Gasteiger partial charge in [-0.25, -0.2) is 22.3 Å². The van der Waals surface area contributed by atoms with Crippen LogP contribution < -0.4 is 15.4 Å². The molecule has 4 atom stereocenters. The highest BCUT2D eigenvalue weighted by molar-refractivity contribution is 7.90. The van der Waals surface area contributed by atoms with Crippen molar-refractivity contribution in [1.82, 2.24) is 20.3 Å². The van der Waals surface area contributed by atoms with E-state index in [1.807, 2.05) is 10.8 Å². The van der Waals surface area contributed by atoms with Crippen LogP contribution in [0.2, 0.25) is 5.02 Å². The van der Waals surface area contributed by atoms with Crippen LogP contribution in [0, 0.1) is 11.7 Å². The van der Waals surface area contributed by atoms with Gasteiger partial charge in [0.15, 0.2) is 6.10 Å².